The molecule has 0 atom stereocenters. The third-order valence-electron chi connectivity index (χ3n) is 4.16. The summed E-state index contributed by atoms with van der Waals surface area (Å²) in [5.74, 6) is 1.90. The normalized spacial score (nSPS) is 10.8. The molecule has 0 radical (unpaired) electrons. The molecule has 2 heterocycles. The Bertz CT molecular complexity index is 1190. The van der Waals surface area contributed by atoms with Crippen molar-refractivity contribution in [3.05, 3.63) is 85.2 Å². The molecule has 7 heteroatoms. The maximum absolute atomic E-state index is 11.8. The molecule has 4 aromatic rings. The maximum atomic E-state index is 11.8. The lowest BCUT2D eigenvalue weighted by atomic mass is 10.1. The van der Waals surface area contributed by atoms with Crippen molar-refractivity contribution in [1.29, 1.82) is 0 Å². The lowest BCUT2D eigenvalue weighted by Gasteiger charge is -2.08. The van der Waals surface area contributed by atoms with Crippen molar-refractivity contribution >= 4 is 23.0 Å². The quantitative estimate of drug-likeness (QED) is 0.487. The molecule has 2 amide bonds. The van der Waals surface area contributed by atoms with Crippen molar-refractivity contribution in [2.24, 2.45) is 0 Å². The predicted octanol–water partition coefficient (Wildman–Crippen LogP) is 5.14. The highest BCUT2D eigenvalue weighted by molar-refractivity contribution is 5.90. The molecule has 0 bridgehead atoms. The number of amides is 2. The van der Waals surface area contributed by atoms with Crippen LogP contribution in [0, 0.1) is 0 Å². The first kappa shape index (κ1) is 19.1. The molecule has 0 unspecified atom stereocenters. The van der Waals surface area contributed by atoms with Crippen molar-refractivity contribution in [3.8, 4) is 22.8 Å². The second-order valence-electron chi connectivity index (χ2n) is 6.33. The fourth-order valence-electron chi connectivity index (χ4n) is 2.74. The third kappa shape index (κ3) is 4.59. The molecule has 2 aromatic heterocycles. The van der Waals surface area contributed by atoms with Gasteiger partial charge >= 0.3 is 6.03 Å². The molecule has 30 heavy (non-hydrogen) atoms. The Balaban J connectivity index is 1.54. The smallest absolute Gasteiger partial charge is 0.324 e. The average molecular weight is 397 g/mol. The molecule has 0 saturated carbocycles. The number of carbonyl (C=O) groups is 1. The number of allylic oxidation sites excluding steroid dienone is 1. The van der Waals surface area contributed by atoms with Gasteiger partial charge in [0.15, 0.2) is 5.65 Å². The summed E-state index contributed by atoms with van der Waals surface area (Å²) in [6, 6.07) is 20.3. The number of hydrogen-bond acceptors (Lipinski definition) is 5. The number of nitrogens with one attached hydrogen (secondary N) is 2. The largest absolute Gasteiger partial charge is 0.457 e. The highest BCUT2D eigenvalue weighted by atomic mass is 16.5. The molecule has 2 aromatic carbocycles. The summed E-state index contributed by atoms with van der Waals surface area (Å²) in [7, 11) is 0. The van der Waals surface area contributed by atoms with Crippen LogP contribution in [0.2, 0.25) is 0 Å². The Morgan fingerprint density at radius 1 is 0.933 bits per heavy atom. The highest BCUT2D eigenvalue weighted by Crippen LogP contribution is 2.25. The molecule has 4 rings (SSSR count). The van der Waals surface area contributed by atoms with E-state index in [0.717, 1.165) is 17.1 Å². The standard InChI is InChI=1S/C23H19N5O2/c1-2-14-24-23(29)28-21-13-12-19-22(27-21)26-20(15-25-19)16-8-10-18(11-9-16)30-17-6-4-3-5-7-17/h2-15H,1H3,(H2,24,26,27,28,29)/b14-2+. The summed E-state index contributed by atoms with van der Waals surface area (Å²) in [5.41, 5.74) is 2.65. The molecule has 0 spiro atoms. The number of urea groups is 1. The van der Waals surface area contributed by atoms with Gasteiger partial charge in [-0.15, -0.1) is 0 Å². The van der Waals surface area contributed by atoms with E-state index in [-0.39, 0.29) is 6.03 Å². The molecule has 2 N–H and O–H groups in total. The van der Waals surface area contributed by atoms with Crippen LogP contribution in [0.25, 0.3) is 22.4 Å². The summed E-state index contributed by atoms with van der Waals surface area (Å²) in [6.07, 6.45) is 4.96. The zero-order valence-electron chi connectivity index (χ0n) is 16.2. The number of ether oxygens (including phenoxy) is 1. The third-order valence-corrected chi connectivity index (χ3v) is 4.16. The van der Waals surface area contributed by atoms with Gasteiger partial charge in [-0.05, 0) is 55.5 Å². The second kappa shape index (κ2) is 8.83. The minimum absolute atomic E-state index is 0.377. The number of nitrogens with zero attached hydrogens (tertiary/aromatic N) is 3. The molecule has 148 valence electrons. The van der Waals surface area contributed by atoms with Crippen LogP contribution in [-0.2, 0) is 0 Å². The van der Waals surface area contributed by atoms with Gasteiger partial charge in [0.25, 0.3) is 0 Å². The van der Waals surface area contributed by atoms with E-state index >= 15 is 0 Å². The maximum Gasteiger partial charge on any atom is 0.324 e. The number of fused-ring (bicyclic) bond motifs is 1. The lowest BCUT2D eigenvalue weighted by Crippen LogP contribution is -2.24. The van der Waals surface area contributed by atoms with Gasteiger partial charge in [0.2, 0.25) is 0 Å². The average Bonchev–Trinajstić information content (AvgIpc) is 2.78. The summed E-state index contributed by atoms with van der Waals surface area (Å²) in [6.45, 7) is 1.81. The molecule has 0 fully saturated rings. The number of para-hydroxylation sites is 1. The minimum atomic E-state index is -0.377. The zero-order valence-corrected chi connectivity index (χ0v) is 16.2. The van der Waals surface area contributed by atoms with Crippen LogP contribution < -0.4 is 15.4 Å². The van der Waals surface area contributed by atoms with Crippen molar-refractivity contribution in [1.82, 2.24) is 20.3 Å². The van der Waals surface area contributed by atoms with Gasteiger partial charge in [0.1, 0.15) is 22.8 Å². The number of rotatable bonds is 5. The van der Waals surface area contributed by atoms with E-state index in [9.17, 15) is 4.79 Å². The Morgan fingerprint density at radius 2 is 1.70 bits per heavy atom. The van der Waals surface area contributed by atoms with Gasteiger partial charge in [0, 0.05) is 11.8 Å². The van der Waals surface area contributed by atoms with Crippen molar-refractivity contribution < 1.29 is 9.53 Å². The lowest BCUT2D eigenvalue weighted by molar-refractivity contribution is 0.255. The van der Waals surface area contributed by atoms with E-state index in [1.54, 1.807) is 30.6 Å². The molecular formula is C23H19N5O2. The number of anilines is 1. The Labute approximate surface area is 173 Å². The van der Waals surface area contributed by atoms with Crippen molar-refractivity contribution in [2.45, 2.75) is 6.92 Å². The zero-order chi connectivity index (χ0) is 20.8. The fourth-order valence-corrected chi connectivity index (χ4v) is 2.74. The predicted molar refractivity (Wildman–Crippen MR) is 116 cm³/mol. The number of pyridine rings is 1. The second-order valence-corrected chi connectivity index (χ2v) is 6.33. The molecule has 0 aliphatic rings. The van der Waals surface area contributed by atoms with Crippen LogP contribution in [0.15, 0.2) is 85.2 Å². The first-order valence-corrected chi connectivity index (χ1v) is 9.37. The van der Waals surface area contributed by atoms with E-state index < -0.39 is 0 Å². The molecule has 0 aliphatic heterocycles. The van der Waals surface area contributed by atoms with Crippen molar-refractivity contribution in [2.75, 3.05) is 5.32 Å². The number of hydrogen-bond donors (Lipinski definition) is 2. The van der Waals surface area contributed by atoms with Gasteiger partial charge in [-0.1, -0.05) is 24.3 Å². The van der Waals surface area contributed by atoms with Gasteiger partial charge < -0.3 is 10.1 Å². The fraction of sp³-hybridized carbons (Fsp3) is 0.0435. The topological polar surface area (TPSA) is 89.0 Å². The van der Waals surface area contributed by atoms with Crippen molar-refractivity contribution in [3.63, 3.8) is 0 Å². The summed E-state index contributed by atoms with van der Waals surface area (Å²) < 4.78 is 5.82. The first-order chi connectivity index (χ1) is 14.7. The molecule has 0 aliphatic carbocycles. The van der Waals surface area contributed by atoms with Gasteiger partial charge in [-0.3, -0.25) is 10.3 Å². The SMILES string of the molecule is C/C=C/NC(=O)Nc1ccc2ncc(-c3ccc(Oc4ccccc4)cc3)nc2n1. The van der Waals surface area contributed by atoms with Crippen LogP contribution in [0.3, 0.4) is 0 Å². The van der Waals surface area contributed by atoms with E-state index in [2.05, 4.69) is 25.6 Å². The van der Waals surface area contributed by atoms with Gasteiger partial charge in [-0.25, -0.2) is 14.8 Å². The van der Waals surface area contributed by atoms with Crippen LogP contribution >= 0.6 is 0 Å². The molecule has 0 saturated heterocycles. The van der Waals surface area contributed by atoms with Crippen LogP contribution in [-0.4, -0.2) is 21.0 Å². The summed E-state index contributed by atoms with van der Waals surface area (Å²) in [5, 5.41) is 5.23. The Kier molecular flexibility index (Phi) is 5.61. The van der Waals surface area contributed by atoms with Crippen LogP contribution in [0.1, 0.15) is 6.92 Å². The number of carbonyl (C=O) groups excluding carboxylic acids is 1. The van der Waals surface area contributed by atoms with E-state index in [1.165, 1.54) is 0 Å². The molecular weight excluding hydrogens is 378 g/mol. The number of aromatic nitrogens is 3. The Morgan fingerprint density at radius 3 is 2.47 bits per heavy atom. The van der Waals surface area contributed by atoms with E-state index in [0.29, 0.717) is 22.7 Å². The Hall–Kier alpha value is -4.26. The summed E-state index contributed by atoms with van der Waals surface area (Å²) in [4.78, 5) is 25.2. The highest BCUT2D eigenvalue weighted by Gasteiger charge is 2.07. The minimum Gasteiger partial charge on any atom is -0.457 e. The monoisotopic (exact) mass is 397 g/mol. The molecule has 7 nitrogen and oxygen atoms in total. The van der Waals surface area contributed by atoms with E-state index in [4.69, 9.17) is 4.74 Å². The van der Waals surface area contributed by atoms with Gasteiger partial charge in [-0.2, -0.15) is 0 Å². The van der Waals surface area contributed by atoms with E-state index in [1.807, 2.05) is 61.5 Å². The van der Waals surface area contributed by atoms with Crippen LogP contribution in [0.4, 0.5) is 10.6 Å². The van der Waals surface area contributed by atoms with Gasteiger partial charge in [0.05, 0.1) is 11.9 Å². The van der Waals surface area contributed by atoms with Crippen LogP contribution in [0.5, 0.6) is 11.5 Å². The first-order valence-electron chi connectivity index (χ1n) is 9.37. The summed E-state index contributed by atoms with van der Waals surface area (Å²) >= 11 is 0. The number of benzene rings is 2.